The van der Waals surface area contributed by atoms with Crippen molar-refractivity contribution in [2.45, 2.75) is 26.3 Å². The molecule has 0 aliphatic rings. The standard InChI is InChI=1S/C15H20N4O4S/c1-4-13(15(20)17-14-9-10(2)23-18-14)16-11-5-7-12(8-6-11)19-24(3,21)22/h5-9,13,16,19H,4H2,1-3H3,(H,17,18,20)/t13-/m0/s1. The third-order valence-corrected chi connectivity index (χ3v) is 3.74. The van der Waals surface area contributed by atoms with Gasteiger partial charge in [0.25, 0.3) is 0 Å². The molecule has 0 saturated carbocycles. The summed E-state index contributed by atoms with van der Waals surface area (Å²) in [5, 5.41) is 9.50. The minimum atomic E-state index is -3.31. The molecule has 0 bridgehead atoms. The van der Waals surface area contributed by atoms with E-state index in [4.69, 9.17) is 4.52 Å². The second-order valence-corrected chi connectivity index (χ2v) is 7.12. The monoisotopic (exact) mass is 352 g/mol. The van der Waals surface area contributed by atoms with E-state index in [1.54, 1.807) is 37.3 Å². The summed E-state index contributed by atoms with van der Waals surface area (Å²) in [5.41, 5.74) is 1.16. The van der Waals surface area contributed by atoms with Crippen molar-refractivity contribution in [1.82, 2.24) is 5.16 Å². The summed E-state index contributed by atoms with van der Waals surface area (Å²) in [6, 6.07) is 7.81. The van der Waals surface area contributed by atoms with E-state index >= 15 is 0 Å². The van der Waals surface area contributed by atoms with E-state index in [2.05, 4.69) is 20.5 Å². The minimum absolute atomic E-state index is 0.232. The summed E-state index contributed by atoms with van der Waals surface area (Å²) >= 11 is 0. The van der Waals surface area contributed by atoms with E-state index in [9.17, 15) is 13.2 Å². The molecule has 9 heteroatoms. The summed E-state index contributed by atoms with van der Waals surface area (Å²) in [4.78, 5) is 12.3. The van der Waals surface area contributed by atoms with Gasteiger partial charge in [-0.3, -0.25) is 9.52 Å². The van der Waals surface area contributed by atoms with Crippen LogP contribution in [0.5, 0.6) is 0 Å². The summed E-state index contributed by atoms with van der Waals surface area (Å²) in [6.07, 6.45) is 1.65. The second kappa shape index (κ2) is 7.35. The number of amides is 1. The van der Waals surface area contributed by atoms with Crippen molar-refractivity contribution in [1.29, 1.82) is 0 Å². The van der Waals surface area contributed by atoms with Crippen LogP contribution in [0.15, 0.2) is 34.9 Å². The Morgan fingerprint density at radius 3 is 2.38 bits per heavy atom. The van der Waals surface area contributed by atoms with E-state index in [0.29, 0.717) is 29.4 Å². The van der Waals surface area contributed by atoms with Crippen LogP contribution in [-0.2, 0) is 14.8 Å². The molecule has 0 radical (unpaired) electrons. The summed E-state index contributed by atoms with van der Waals surface area (Å²) in [6.45, 7) is 3.62. The van der Waals surface area contributed by atoms with E-state index in [1.807, 2.05) is 6.92 Å². The molecule has 8 nitrogen and oxygen atoms in total. The molecule has 1 atom stereocenters. The molecule has 24 heavy (non-hydrogen) atoms. The SMILES string of the molecule is CC[C@H](Nc1ccc(NS(C)(=O)=O)cc1)C(=O)Nc1cc(C)on1. The molecule has 1 aromatic heterocycles. The highest BCUT2D eigenvalue weighted by Crippen LogP contribution is 2.17. The van der Waals surface area contributed by atoms with E-state index < -0.39 is 16.1 Å². The van der Waals surface area contributed by atoms with Crippen LogP contribution < -0.4 is 15.4 Å². The van der Waals surface area contributed by atoms with Crippen LogP contribution in [0.25, 0.3) is 0 Å². The fraction of sp³-hybridized carbons (Fsp3) is 0.333. The van der Waals surface area contributed by atoms with Gasteiger partial charge in [-0.1, -0.05) is 12.1 Å². The largest absolute Gasteiger partial charge is 0.374 e. The maximum atomic E-state index is 12.3. The number of aryl methyl sites for hydroxylation is 1. The van der Waals surface area contributed by atoms with Crippen LogP contribution in [-0.4, -0.2) is 31.8 Å². The molecule has 1 amide bonds. The number of nitrogens with zero attached hydrogens (tertiary/aromatic N) is 1. The molecule has 130 valence electrons. The maximum Gasteiger partial charge on any atom is 0.248 e. The molecular formula is C15H20N4O4S. The van der Waals surface area contributed by atoms with Crippen LogP contribution in [0, 0.1) is 6.92 Å². The molecule has 0 unspecified atom stereocenters. The normalized spacial score (nSPS) is 12.5. The molecule has 0 aliphatic carbocycles. The molecule has 2 rings (SSSR count). The highest BCUT2D eigenvalue weighted by atomic mass is 32.2. The van der Waals surface area contributed by atoms with Gasteiger partial charge in [0.1, 0.15) is 11.8 Å². The van der Waals surface area contributed by atoms with Gasteiger partial charge in [0.05, 0.1) is 6.26 Å². The van der Waals surface area contributed by atoms with Gasteiger partial charge in [0.2, 0.25) is 15.9 Å². The van der Waals surface area contributed by atoms with Gasteiger partial charge < -0.3 is 15.2 Å². The van der Waals surface area contributed by atoms with Crippen LogP contribution in [0.3, 0.4) is 0 Å². The zero-order valence-corrected chi connectivity index (χ0v) is 14.5. The lowest BCUT2D eigenvalue weighted by molar-refractivity contribution is -0.117. The fourth-order valence-electron chi connectivity index (χ4n) is 2.04. The van der Waals surface area contributed by atoms with Gasteiger partial charge in [0, 0.05) is 17.4 Å². The first-order valence-electron chi connectivity index (χ1n) is 7.35. The van der Waals surface area contributed by atoms with Crippen molar-refractivity contribution >= 4 is 33.1 Å². The zero-order chi connectivity index (χ0) is 17.7. The van der Waals surface area contributed by atoms with Crippen molar-refractivity contribution in [2.24, 2.45) is 0 Å². The average molecular weight is 352 g/mol. The first kappa shape index (κ1) is 17.8. The Labute approximate surface area is 140 Å². The van der Waals surface area contributed by atoms with Gasteiger partial charge in [-0.25, -0.2) is 8.42 Å². The average Bonchev–Trinajstić information content (AvgIpc) is 2.90. The van der Waals surface area contributed by atoms with Gasteiger partial charge >= 0.3 is 0 Å². The van der Waals surface area contributed by atoms with Crippen LogP contribution in [0.1, 0.15) is 19.1 Å². The number of aromatic nitrogens is 1. The predicted octanol–water partition coefficient (Wildman–Crippen LogP) is 2.18. The van der Waals surface area contributed by atoms with Crippen molar-refractivity contribution in [3.05, 3.63) is 36.1 Å². The maximum absolute atomic E-state index is 12.3. The lowest BCUT2D eigenvalue weighted by Gasteiger charge is -2.17. The first-order chi connectivity index (χ1) is 11.3. The molecule has 3 N–H and O–H groups in total. The molecule has 0 fully saturated rings. The van der Waals surface area contributed by atoms with Gasteiger partial charge in [-0.05, 0) is 37.6 Å². The minimum Gasteiger partial charge on any atom is -0.374 e. The Hall–Kier alpha value is -2.55. The summed E-state index contributed by atoms with van der Waals surface area (Å²) in [5.74, 6) is 0.745. The van der Waals surface area contributed by atoms with Crippen molar-refractivity contribution in [2.75, 3.05) is 21.6 Å². The zero-order valence-electron chi connectivity index (χ0n) is 13.7. The molecule has 0 saturated heterocycles. The predicted molar refractivity (Wildman–Crippen MR) is 92.5 cm³/mol. The number of benzene rings is 1. The number of sulfonamides is 1. The molecule has 1 heterocycles. The topological polar surface area (TPSA) is 113 Å². The third-order valence-electron chi connectivity index (χ3n) is 3.13. The van der Waals surface area contributed by atoms with E-state index in [-0.39, 0.29) is 5.91 Å². The van der Waals surface area contributed by atoms with Crippen LogP contribution >= 0.6 is 0 Å². The fourth-order valence-corrected chi connectivity index (χ4v) is 2.61. The van der Waals surface area contributed by atoms with E-state index in [1.165, 1.54) is 0 Å². The summed E-state index contributed by atoms with van der Waals surface area (Å²) in [7, 11) is -3.31. The Bertz CT molecular complexity index is 799. The first-order valence-corrected chi connectivity index (χ1v) is 9.24. The third kappa shape index (κ3) is 5.27. The number of rotatable bonds is 7. The van der Waals surface area contributed by atoms with Gasteiger partial charge in [0.15, 0.2) is 5.82 Å². The molecule has 0 spiro atoms. The Morgan fingerprint density at radius 2 is 1.88 bits per heavy atom. The molecular weight excluding hydrogens is 332 g/mol. The number of nitrogens with one attached hydrogen (secondary N) is 3. The van der Waals surface area contributed by atoms with Crippen molar-refractivity contribution in [3.63, 3.8) is 0 Å². The van der Waals surface area contributed by atoms with Crippen molar-refractivity contribution in [3.8, 4) is 0 Å². The van der Waals surface area contributed by atoms with E-state index in [0.717, 1.165) is 6.26 Å². The molecule has 0 aliphatic heterocycles. The Morgan fingerprint density at radius 1 is 1.25 bits per heavy atom. The Balaban J connectivity index is 2.00. The molecule has 1 aromatic carbocycles. The van der Waals surface area contributed by atoms with Crippen LogP contribution in [0.4, 0.5) is 17.2 Å². The van der Waals surface area contributed by atoms with Crippen molar-refractivity contribution < 1.29 is 17.7 Å². The number of hydrogen-bond acceptors (Lipinski definition) is 6. The number of carbonyl (C=O) groups excluding carboxylic acids is 1. The van der Waals surface area contributed by atoms with Gasteiger partial charge in [-0.2, -0.15) is 0 Å². The van der Waals surface area contributed by atoms with Crippen LogP contribution in [0.2, 0.25) is 0 Å². The number of hydrogen-bond donors (Lipinski definition) is 3. The summed E-state index contributed by atoms with van der Waals surface area (Å²) < 4.78 is 29.7. The lowest BCUT2D eigenvalue weighted by atomic mass is 10.2. The van der Waals surface area contributed by atoms with Gasteiger partial charge in [-0.15, -0.1) is 0 Å². The smallest absolute Gasteiger partial charge is 0.248 e. The lowest BCUT2D eigenvalue weighted by Crippen LogP contribution is -2.34. The number of carbonyl (C=O) groups is 1. The quantitative estimate of drug-likeness (QED) is 0.704. The Kier molecular flexibility index (Phi) is 5.45. The highest BCUT2D eigenvalue weighted by molar-refractivity contribution is 7.92. The molecule has 2 aromatic rings. The highest BCUT2D eigenvalue weighted by Gasteiger charge is 2.17. The number of anilines is 3. The second-order valence-electron chi connectivity index (χ2n) is 5.37.